The van der Waals surface area contributed by atoms with Gasteiger partial charge >= 0.3 is 0 Å². The fraction of sp³-hybridized carbons (Fsp3) is 0.500. The minimum absolute atomic E-state index is 0.803. The lowest BCUT2D eigenvalue weighted by atomic mass is 10.1. The van der Waals surface area contributed by atoms with Crippen LogP contribution in [0.25, 0.3) is 0 Å². The summed E-state index contributed by atoms with van der Waals surface area (Å²) in [4.78, 5) is 2.76. The molecule has 0 amide bonds. The SMILES string of the molecule is CSc1ccc(CCCCN)c(SC)c1. The first-order valence-corrected chi connectivity index (χ1v) is 7.67. The van der Waals surface area contributed by atoms with Crippen molar-refractivity contribution in [3.05, 3.63) is 23.8 Å². The third-order valence-electron chi connectivity index (χ3n) is 2.39. The van der Waals surface area contributed by atoms with Crippen LogP contribution in [0, 0.1) is 0 Å². The molecule has 2 N–H and O–H groups in total. The van der Waals surface area contributed by atoms with Crippen LogP contribution < -0.4 is 5.73 Å². The number of unbranched alkanes of at least 4 members (excludes halogenated alkanes) is 1. The number of rotatable bonds is 6. The Morgan fingerprint density at radius 2 is 1.93 bits per heavy atom. The molecule has 0 bridgehead atoms. The van der Waals surface area contributed by atoms with Crippen LogP contribution in [0.4, 0.5) is 0 Å². The van der Waals surface area contributed by atoms with E-state index in [1.54, 1.807) is 11.8 Å². The van der Waals surface area contributed by atoms with Crippen molar-refractivity contribution in [1.82, 2.24) is 0 Å². The highest BCUT2D eigenvalue weighted by molar-refractivity contribution is 7.99. The molecule has 1 aromatic carbocycles. The van der Waals surface area contributed by atoms with E-state index in [4.69, 9.17) is 5.73 Å². The molecular formula is C12H19NS2. The topological polar surface area (TPSA) is 26.0 Å². The Hall–Kier alpha value is -0.120. The van der Waals surface area contributed by atoms with Gasteiger partial charge in [0.25, 0.3) is 0 Å². The van der Waals surface area contributed by atoms with Crippen molar-refractivity contribution < 1.29 is 0 Å². The molecule has 15 heavy (non-hydrogen) atoms. The summed E-state index contributed by atoms with van der Waals surface area (Å²) in [5.41, 5.74) is 6.97. The van der Waals surface area contributed by atoms with E-state index in [0.717, 1.165) is 19.4 Å². The number of hydrogen-bond donors (Lipinski definition) is 1. The van der Waals surface area contributed by atoms with Crippen molar-refractivity contribution in [3.8, 4) is 0 Å². The molecule has 0 aliphatic carbocycles. The third kappa shape index (κ3) is 4.09. The first-order chi connectivity index (χ1) is 7.31. The second-order valence-electron chi connectivity index (χ2n) is 3.42. The van der Waals surface area contributed by atoms with Crippen LogP contribution in [0.1, 0.15) is 18.4 Å². The van der Waals surface area contributed by atoms with Crippen molar-refractivity contribution in [2.45, 2.75) is 29.1 Å². The Bertz CT molecular complexity index is 300. The van der Waals surface area contributed by atoms with E-state index in [1.165, 1.54) is 21.8 Å². The zero-order chi connectivity index (χ0) is 11.1. The second-order valence-corrected chi connectivity index (χ2v) is 5.15. The third-order valence-corrected chi connectivity index (χ3v) is 3.94. The van der Waals surface area contributed by atoms with Gasteiger partial charge in [0.2, 0.25) is 0 Å². The molecule has 0 fully saturated rings. The molecule has 0 aliphatic rings. The molecule has 0 aromatic heterocycles. The molecule has 0 atom stereocenters. The van der Waals surface area contributed by atoms with Crippen LogP contribution in [0.5, 0.6) is 0 Å². The highest BCUT2D eigenvalue weighted by atomic mass is 32.2. The van der Waals surface area contributed by atoms with Gasteiger partial charge in [-0.05, 0) is 56.0 Å². The Morgan fingerprint density at radius 1 is 1.13 bits per heavy atom. The predicted octanol–water partition coefficient (Wildman–Crippen LogP) is 3.41. The summed E-state index contributed by atoms with van der Waals surface area (Å²) in [6.45, 7) is 0.803. The zero-order valence-corrected chi connectivity index (χ0v) is 11.1. The minimum atomic E-state index is 0.803. The quantitative estimate of drug-likeness (QED) is 0.610. The smallest absolute Gasteiger partial charge is 0.0112 e. The molecule has 0 aliphatic heterocycles. The van der Waals surface area contributed by atoms with E-state index in [9.17, 15) is 0 Å². The molecule has 1 aromatic rings. The van der Waals surface area contributed by atoms with E-state index in [0.29, 0.717) is 0 Å². The number of nitrogens with two attached hydrogens (primary N) is 1. The van der Waals surface area contributed by atoms with Gasteiger partial charge in [-0.2, -0.15) is 0 Å². The van der Waals surface area contributed by atoms with Crippen molar-refractivity contribution in [1.29, 1.82) is 0 Å². The number of hydrogen-bond acceptors (Lipinski definition) is 3. The molecule has 3 heteroatoms. The van der Waals surface area contributed by atoms with Gasteiger partial charge in [0.15, 0.2) is 0 Å². The monoisotopic (exact) mass is 241 g/mol. The molecule has 0 saturated carbocycles. The zero-order valence-electron chi connectivity index (χ0n) is 9.45. The number of aryl methyl sites for hydroxylation is 1. The molecule has 0 unspecified atom stereocenters. The highest BCUT2D eigenvalue weighted by Crippen LogP contribution is 2.27. The van der Waals surface area contributed by atoms with Crippen LogP contribution in [-0.2, 0) is 6.42 Å². The van der Waals surface area contributed by atoms with Crippen molar-refractivity contribution in [2.24, 2.45) is 5.73 Å². The summed E-state index contributed by atoms with van der Waals surface area (Å²) in [6, 6.07) is 6.75. The van der Waals surface area contributed by atoms with E-state index in [1.807, 2.05) is 11.8 Å². The van der Waals surface area contributed by atoms with Gasteiger partial charge in [0.05, 0.1) is 0 Å². The summed E-state index contributed by atoms with van der Waals surface area (Å²) in [5.74, 6) is 0. The Labute approximate surface area is 101 Å². The van der Waals surface area contributed by atoms with Gasteiger partial charge in [0.1, 0.15) is 0 Å². The fourth-order valence-corrected chi connectivity index (χ4v) is 2.71. The van der Waals surface area contributed by atoms with Gasteiger partial charge in [-0.25, -0.2) is 0 Å². The van der Waals surface area contributed by atoms with Gasteiger partial charge in [0, 0.05) is 9.79 Å². The summed E-state index contributed by atoms with van der Waals surface area (Å²) < 4.78 is 0. The number of thioether (sulfide) groups is 2. The summed E-state index contributed by atoms with van der Waals surface area (Å²) in [6.07, 6.45) is 7.74. The first-order valence-electron chi connectivity index (χ1n) is 5.22. The van der Waals surface area contributed by atoms with Crippen LogP contribution in [0.15, 0.2) is 28.0 Å². The minimum Gasteiger partial charge on any atom is -0.330 e. The summed E-state index contributed by atoms with van der Waals surface area (Å²) >= 11 is 3.64. The van der Waals surface area contributed by atoms with Gasteiger partial charge in [-0.15, -0.1) is 23.5 Å². The van der Waals surface area contributed by atoms with Crippen LogP contribution in [-0.4, -0.2) is 19.1 Å². The predicted molar refractivity (Wildman–Crippen MR) is 72.0 cm³/mol. The van der Waals surface area contributed by atoms with E-state index < -0.39 is 0 Å². The Balaban J connectivity index is 2.69. The Morgan fingerprint density at radius 3 is 2.53 bits per heavy atom. The highest BCUT2D eigenvalue weighted by Gasteiger charge is 2.02. The molecule has 84 valence electrons. The Kier molecular flexibility index (Phi) is 6.22. The molecule has 0 heterocycles. The lowest BCUT2D eigenvalue weighted by Crippen LogP contribution is -1.99. The average Bonchev–Trinajstić information content (AvgIpc) is 2.29. The molecule has 1 rings (SSSR count). The molecule has 0 spiro atoms. The van der Waals surface area contributed by atoms with Crippen LogP contribution in [0.2, 0.25) is 0 Å². The second kappa shape index (κ2) is 7.20. The van der Waals surface area contributed by atoms with Crippen molar-refractivity contribution in [3.63, 3.8) is 0 Å². The standard InChI is InChI=1S/C12H19NS2/c1-14-11-7-6-10(5-3-4-8-13)12(9-11)15-2/h6-7,9H,3-5,8,13H2,1-2H3. The summed E-state index contributed by atoms with van der Waals surface area (Å²) in [7, 11) is 0. The average molecular weight is 241 g/mol. The maximum absolute atomic E-state index is 5.50. The molecule has 0 saturated heterocycles. The lowest BCUT2D eigenvalue weighted by Gasteiger charge is -2.08. The van der Waals surface area contributed by atoms with E-state index in [2.05, 4.69) is 30.7 Å². The van der Waals surface area contributed by atoms with Gasteiger partial charge in [-0.3, -0.25) is 0 Å². The molecule has 0 radical (unpaired) electrons. The maximum Gasteiger partial charge on any atom is 0.0112 e. The van der Waals surface area contributed by atoms with Crippen molar-refractivity contribution in [2.75, 3.05) is 19.1 Å². The summed E-state index contributed by atoms with van der Waals surface area (Å²) in [5, 5.41) is 0. The van der Waals surface area contributed by atoms with Gasteiger partial charge < -0.3 is 5.73 Å². The normalized spacial score (nSPS) is 10.6. The maximum atomic E-state index is 5.50. The number of benzene rings is 1. The first kappa shape index (κ1) is 12.9. The van der Waals surface area contributed by atoms with Crippen molar-refractivity contribution >= 4 is 23.5 Å². The molecule has 1 nitrogen and oxygen atoms in total. The van der Waals surface area contributed by atoms with Gasteiger partial charge in [-0.1, -0.05) is 6.07 Å². The largest absolute Gasteiger partial charge is 0.330 e. The van der Waals surface area contributed by atoms with E-state index in [-0.39, 0.29) is 0 Å². The fourth-order valence-electron chi connectivity index (χ4n) is 1.52. The van der Waals surface area contributed by atoms with Crippen LogP contribution in [0.3, 0.4) is 0 Å². The molecular weight excluding hydrogens is 222 g/mol. The van der Waals surface area contributed by atoms with E-state index >= 15 is 0 Å². The van der Waals surface area contributed by atoms with Crippen LogP contribution >= 0.6 is 23.5 Å². The lowest BCUT2D eigenvalue weighted by molar-refractivity contribution is 0.737.